The van der Waals surface area contributed by atoms with Crippen LogP contribution in [0.3, 0.4) is 0 Å². The summed E-state index contributed by atoms with van der Waals surface area (Å²) in [6.45, 7) is 3.12. The Balaban J connectivity index is 1.54. The molecule has 3 aromatic rings. The third-order valence-corrected chi connectivity index (χ3v) is 7.47. The molecule has 2 aromatic carbocycles. The second-order valence-electron chi connectivity index (χ2n) is 7.35. The largest absolute Gasteiger partial charge is 0.368 e. The molecular weight excluding hydrogens is 358 g/mol. The molecule has 5 rings (SSSR count). The number of nitrogens with one attached hydrogen (secondary N) is 1. The summed E-state index contributed by atoms with van der Waals surface area (Å²) in [5.74, 6) is 0.693. The fraction of sp³-hybridized carbons (Fsp3) is 0.286. The predicted octanol–water partition coefficient (Wildman–Crippen LogP) is 2.87. The van der Waals surface area contributed by atoms with Crippen molar-refractivity contribution in [2.24, 2.45) is 5.92 Å². The van der Waals surface area contributed by atoms with E-state index in [1.165, 1.54) is 12.6 Å². The van der Waals surface area contributed by atoms with Crippen molar-refractivity contribution in [3.8, 4) is 0 Å². The lowest BCUT2D eigenvalue weighted by Crippen LogP contribution is -2.30. The molecule has 0 spiro atoms. The van der Waals surface area contributed by atoms with E-state index in [1.807, 2.05) is 18.2 Å². The fourth-order valence-electron chi connectivity index (χ4n) is 4.31. The van der Waals surface area contributed by atoms with Crippen LogP contribution in [0.15, 0.2) is 70.6 Å². The van der Waals surface area contributed by atoms with Gasteiger partial charge in [0.25, 0.3) is 0 Å². The summed E-state index contributed by atoms with van der Waals surface area (Å²) >= 11 is 0. The number of rotatable bonds is 3. The number of hydrogen-bond acceptors (Lipinski definition) is 5. The van der Waals surface area contributed by atoms with Crippen molar-refractivity contribution in [1.82, 2.24) is 10.3 Å². The molecule has 0 saturated carbocycles. The van der Waals surface area contributed by atoms with Gasteiger partial charge >= 0.3 is 0 Å². The minimum Gasteiger partial charge on any atom is -0.368 e. The van der Waals surface area contributed by atoms with Crippen LogP contribution in [0.5, 0.6) is 0 Å². The van der Waals surface area contributed by atoms with Gasteiger partial charge in [0.2, 0.25) is 9.84 Å². The van der Waals surface area contributed by atoms with Gasteiger partial charge in [0, 0.05) is 30.7 Å². The molecule has 6 heteroatoms. The molecular formula is C21H21N3O2S. The summed E-state index contributed by atoms with van der Waals surface area (Å²) in [5, 5.41) is 4.43. The molecule has 2 fully saturated rings. The molecule has 5 nitrogen and oxygen atoms in total. The summed E-state index contributed by atoms with van der Waals surface area (Å²) in [4.78, 5) is 7.47. The van der Waals surface area contributed by atoms with Gasteiger partial charge in [-0.2, -0.15) is 0 Å². The highest BCUT2D eigenvalue weighted by atomic mass is 32.2. The Kier molecular flexibility index (Phi) is 3.91. The minimum absolute atomic E-state index is 0.235. The first-order chi connectivity index (χ1) is 13.1. The van der Waals surface area contributed by atoms with E-state index < -0.39 is 9.84 Å². The summed E-state index contributed by atoms with van der Waals surface area (Å²) in [6, 6.07) is 16.8. The van der Waals surface area contributed by atoms with Crippen molar-refractivity contribution in [3.63, 3.8) is 0 Å². The Morgan fingerprint density at radius 3 is 2.67 bits per heavy atom. The zero-order valence-electron chi connectivity index (χ0n) is 14.9. The van der Waals surface area contributed by atoms with E-state index in [0.29, 0.717) is 16.9 Å². The second-order valence-corrected chi connectivity index (χ2v) is 9.30. The molecule has 3 heterocycles. The fourth-order valence-corrected chi connectivity index (χ4v) is 5.57. The van der Waals surface area contributed by atoms with Crippen LogP contribution in [0.25, 0.3) is 10.9 Å². The van der Waals surface area contributed by atoms with Crippen LogP contribution in [0, 0.1) is 5.92 Å². The molecule has 0 radical (unpaired) electrons. The molecule has 138 valence electrons. The number of aromatic nitrogens is 1. The van der Waals surface area contributed by atoms with E-state index in [4.69, 9.17) is 0 Å². The van der Waals surface area contributed by atoms with E-state index >= 15 is 0 Å². The van der Waals surface area contributed by atoms with Crippen LogP contribution < -0.4 is 10.2 Å². The highest BCUT2D eigenvalue weighted by Crippen LogP contribution is 2.33. The third-order valence-electron chi connectivity index (χ3n) is 5.73. The number of hydrogen-bond donors (Lipinski definition) is 1. The average Bonchev–Trinajstić information content (AvgIpc) is 3.30. The van der Waals surface area contributed by atoms with Crippen molar-refractivity contribution >= 4 is 26.4 Å². The highest BCUT2D eigenvalue weighted by Gasteiger charge is 2.36. The van der Waals surface area contributed by atoms with Crippen LogP contribution >= 0.6 is 0 Å². The first kappa shape index (κ1) is 16.7. The maximum atomic E-state index is 12.9. The van der Waals surface area contributed by atoms with Gasteiger partial charge in [-0.1, -0.05) is 30.3 Å². The van der Waals surface area contributed by atoms with Gasteiger partial charge < -0.3 is 10.2 Å². The van der Waals surface area contributed by atoms with Gasteiger partial charge in [-0.3, -0.25) is 4.98 Å². The summed E-state index contributed by atoms with van der Waals surface area (Å²) < 4.78 is 25.8. The lowest BCUT2D eigenvalue weighted by Gasteiger charge is -2.21. The zero-order chi connectivity index (χ0) is 18.4. The number of benzene rings is 2. The van der Waals surface area contributed by atoms with E-state index in [-0.39, 0.29) is 4.90 Å². The lowest BCUT2D eigenvalue weighted by atomic mass is 10.1. The molecule has 2 unspecified atom stereocenters. The Morgan fingerprint density at radius 1 is 1.00 bits per heavy atom. The number of nitrogens with zero attached hydrogens (tertiary/aromatic N) is 2. The number of para-hydroxylation sites is 1. The van der Waals surface area contributed by atoms with Crippen molar-refractivity contribution < 1.29 is 8.42 Å². The standard InChI is InChI=1S/C21H21N3O2S/c25-27(26,17-6-2-1-3-7-17)18-11-15-5-4-8-20(21(15)23-12-18)24-13-16-9-10-22-19(16)14-24/h1-8,11-12,16,19,22H,9-10,13-14H2. The summed E-state index contributed by atoms with van der Waals surface area (Å²) in [6.07, 6.45) is 2.71. The van der Waals surface area contributed by atoms with Gasteiger partial charge in [-0.15, -0.1) is 0 Å². The first-order valence-corrected chi connectivity index (χ1v) is 10.8. The predicted molar refractivity (Wildman–Crippen MR) is 106 cm³/mol. The smallest absolute Gasteiger partial charge is 0.208 e. The summed E-state index contributed by atoms with van der Waals surface area (Å²) in [7, 11) is -3.56. The topological polar surface area (TPSA) is 62.3 Å². The molecule has 1 N–H and O–H groups in total. The zero-order valence-corrected chi connectivity index (χ0v) is 15.7. The Bertz CT molecular complexity index is 1090. The van der Waals surface area contributed by atoms with Crippen molar-refractivity contribution in [2.45, 2.75) is 22.3 Å². The van der Waals surface area contributed by atoms with Crippen LogP contribution in [0.1, 0.15) is 6.42 Å². The van der Waals surface area contributed by atoms with E-state index in [2.05, 4.69) is 21.3 Å². The van der Waals surface area contributed by atoms with Crippen molar-refractivity contribution in [3.05, 3.63) is 60.8 Å². The summed E-state index contributed by atoms with van der Waals surface area (Å²) in [5.41, 5.74) is 1.96. The van der Waals surface area contributed by atoms with Crippen LogP contribution in [0.2, 0.25) is 0 Å². The first-order valence-electron chi connectivity index (χ1n) is 9.30. The van der Waals surface area contributed by atoms with Gasteiger partial charge in [0.1, 0.15) is 0 Å². The quantitative estimate of drug-likeness (QED) is 0.758. The van der Waals surface area contributed by atoms with Crippen LogP contribution in [-0.2, 0) is 9.84 Å². The SMILES string of the molecule is O=S(=O)(c1ccccc1)c1cnc2c(N3CC4CCNC4C3)cccc2c1. The third kappa shape index (κ3) is 2.80. The molecule has 27 heavy (non-hydrogen) atoms. The van der Waals surface area contributed by atoms with Gasteiger partial charge in [-0.05, 0) is 43.1 Å². The van der Waals surface area contributed by atoms with E-state index in [1.54, 1.807) is 30.3 Å². The van der Waals surface area contributed by atoms with Gasteiger partial charge in [-0.25, -0.2) is 8.42 Å². The average molecular weight is 379 g/mol. The molecule has 2 saturated heterocycles. The maximum Gasteiger partial charge on any atom is 0.208 e. The van der Waals surface area contributed by atoms with E-state index in [0.717, 1.165) is 36.2 Å². The monoisotopic (exact) mass is 379 g/mol. The van der Waals surface area contributed by atoms with E-state index in [9.17, 15) is 8.42 Å². The number of sulfone groups is 1. The maximum absolute atomic E-state index is 12.9. The molecule has 1 aromatic heterocycles. The van der Waals surface area contributed by atoms with Crippen molar-refractivity contribution in [1.29, 1.82) is 0 Å². The van der Waals surface area contributed by atoms with Gasteiger partial charge in [0.05, 0.1) is 21.0 Å². The van der Waals surface area contributed by atoms with Gasteiger partial charge in [0.15, 0.2) is 0 Å². The van der Waals surface area contributed by atoms with Crippen LogP contribution in [-0.4, -0.2) is 39.1 Å². The minimum atomic E-state index is -3.56. The number of pyridine rings is 1. The molecule has 0 aliphatic carbocycles. The molecule has 2 aliphatic rings. The second kappa shape index (κ2) is 6.32. The highest BCUT2D eigenvalue weighted by molar-refractivity contribution is 7.91. The van der Waals surface area contributed by atoms with Crippen LogP contribution in [0.4, 0.5) is 5.69 Å². The Labute approximate surface area is 159 Å². The molecule has 2 aliphatic heterocycles. The lowest BCUT2D eigenvalue weighted by molar-refractivity contribution is 0.556. The van der Waals surface area contributed by atoms with Crippen molar-refractivity contribution in [2.75, 3.05) is 24.5 Å². The molecule has 0 amide bonds. The Hall–Kier alpha value is -2.44. The Morgan fingerprint density at radius 2 is 1.85 bits per heavy atom. The normalized spacial score (nSPS) is 22.3. The molecule has 2 atom stereocenters. The number of anilines is 1. The molecule has 0 bridgehead atoms. The number of fused-ring (bicyclic) bond motifs is 2.